The van der Waals surface area contributed by atoms with E-state index in [9.17, 15) is 18.0 Å². The number of carbonyl (C=O) groups is 2. The van der Waals surface area contributed by atoms with Crippen LogP contribution in [-0.4, -0.2) is 35.2 Å². The zero-order valence-corrected chi connectivity index (χ0v) is 10.2. The molecule has 1 saturated carbocycles. The highest BCUT2D eigenvalue weighted by molar-refractivity contribution is 7.94. The van der Waals surface area contributed by atoms with Crippen molar-refractivity contribution in [1.29, 1.82) is 0 Å². The number of rotatable bonds is 1. The van der Waals surface area contributed by atoms with Gasteiger partial charge in [-0.25, -0.2) is 12.7 Å². The second-order valence-corrected chi connectivity index (χ2v) is 7.25. The number of carbonyl (C=O) groups excluding carboxylic acids is 2. The van der Waals surface area contributed by atoms with Gasteiger partial charge in [-0.3, -0.25) is 9.59 Å². The van der Waals surface area contributed by atoms with Crippen molar-refractivity contribution < 1.29 is 18.0 Å². The molecule has 0 aromatic rings. The highest BCUT2D eigenvalue weighted by Crippen LogP contribution is 2.39. The van der Waals surface area contributed by atoms with Crippen molar-refractivity contribution in [3.05, 3.63) is 0 Å². The first-order chi connectivity index (χ1) is 7.28. The lowest BCUT2D eigenvalue weighted by Gasteiger charge is -2.47. The van der Waals surface area contributed by atoms with Crippen LogP contribution in [0.2, 0.25) is 0 Å². The Kier molecular flexibility index (Phi) is 2.38. The molecule has 0 N–H and O–H groups in total. The second kappa shape index (κ2) is 3.29. The second-order valence-electron chi connectivity index (χ2n) is 4.89. The normalized spacial score (nSPS) is 29.0. The van der Waals surface area contributed by atoms with E-state index in [1.54, 1.807) is 0 Å². The fourth-order valence-corrected chi connectivity index (χ4v) is 3.94. The van der Waals surface area contributed by atoms with E-state index in [0.717, 1.165) is 4.31 Å². The Labute approximate surface area is 94.9 Å². The van der Waals surface area contributed by atoms with Gasteiger partial charge in [0.2, 0.25) is 0 Å². The average Bonchev–Trinajstić information content (AvgIpc) is 2.20. The molecule has 5 nitrogen and oxygen atoms in total. The summed E-state index contributed by atoms with van der Waals surface area (Å²) >= 11 is 0. The molecule has 2 aliphatic rings. The van der Waals surface area contributed by atoms with Gasteiger partial charge >= 0.3 is 0 Å². The van der Waals surface area contributed by atoms with Gasteiger partial charge in [0.05, 0.1) is 0 Å². The number of sulfonamides is 1. The third-order valence-electron chi connectivity index (χ3n) is 3.46. The van der Waals surface area contributed by atoms with Gasteiger partial charge < -0.3 is 0 Å². The Morgan fingerprint density at radius 3 is 2.12 bits per heavy atom. The fraction of sp³-hybridized carbons (Fsp3) is 0.800. The number of hydrogen-bond acceptors (Lipinski definition) is 4. The first-order valence-electron chi connectivity index (χ1n) is 5.38. The van der Waals surface area contributed by atoms with Crippen LogP contribution in [0.5, 0.6) is 0 Å². The summed E-state index contributed by atoms with van der Waals surface area (Å²) in [6, 6.07) is -0.303. The molecule has 0 aromatic heterocycles. The predicted molar refractivity (Wildman–Crippen MR) is 57.1 cm³/mol. The van der Waals surface area contributed by atoms with E-state index in [2.05, 4.69) is 0 Å². The van der Waals surface area contributed by atoms with Crippen molar-refractivity contribution in [1.82, 2.24) is 4.31 Å². The lowest BCUT2D eigenvalue weighted by molar-refractivity contribution is -0.135. The van der Waals surface area contributed by atoms with Crippen LogP contribution in [0.1, 0.15) is 39.5 Å². The van der Waals surface area contributed by atoms with E-state index in [0.29, 0.717) is 25.7 Å². The van der Waals surface area contributed by atoms with Gasteiger partial charge in [-0.05, 0) is 26.7 Å². The van der Waals surface area contributed by atoms with E-state index in [1.807, 2.05) is 0 Å². The van der Waals surface area contributed by atoms with Crippen molar-refractivity contribution in [2.24, 2.45) is 0 Å². The number of nitrogens with zero attached hydrogens (tertiary/aromatic N) is 1. The SMILES string of the molecule is CC1(C)C(=O)N(C2CCC(=O)CC2)S1(=O)=O. The standard InChI is InChI=1S/C10H15NO4S/c1-10(2)9(13)11(16(10,14)15)7-3-5-8(12)6-4-7/h7H,3-6H2,1-2H3. The highest BCUT2D eigenvalue weighted by atomic mass is 32.2. The van der Waals surface area contributed by atoms with Crippen LogP contribution in [0.25, 0.3) is 0 Å². The zero-order chi connectivity index (χ0) is 12.1. The maximum Gasteiger partial charge on any atom is 0.259 e. The Morgan fingerprint density at radius 1 is 1.19 bits per heavy atom. The summed E-state index contributed by atoms with van der Waals surface area (Å²) in [5.41, 5.74) is 0. The molecule has 2 rings (SSSR count). The lowest BCUT2D eigenvalue weighted by atomic mass is 9.93. The summed E-state index contributed by atoms with van der Waals surface area (Å²) in [4.78, 5) is 22.8. The summed E-state index contributed by atoms with van der Waals surface area (Å²) in [7, 11) is -3.49. The summed E-state index contributed by atoms with van der Waals surface area (Å²) in [6.07, 6.45) is 1.70. The first kappa shape index (κ1) is 11.6. The van der Waals surface area contributed by atoms with E-state index in [1.165, 1.54) is 13.8 Å². The average molecular weight is 245 g/mol. The molecule has 0 spiro atoms. The van der Waals surface area contributed by atoms with Crippen molar-refractivity contribution in [2.75, 3.05) is 0 Å². The monoisotopic (exact) mass is 245 g/mol. The van der Waals surface area contributed by atoms with Crippen LogP contribution in [-0.2, 0) is 19.6 Å². The van der Waals surface area contributed by atoms with Crippen LogP contribution >= 0.6 is 0 Å². The van der Waals surface area contributed by atoms with Crippen LogP contribution < -0.4 is 0 Å². The van der Waals surface area contributed by atoms with Crippen LogP contribution in [0.4, 0.5) is 0 Å². The van der Waals surface area contributed by atoms with Crippen molar-refractivity contribution >= 4 is 21.7 Å². The number of hydrogen-bond donors (Lipinski definition) is 0. The summed E-state index contributed by atoms with van der Waals surface area (Å²) < 4.78 is 23.5. The van der Waals surface area contributed by atoms with E-state index in [4.69, 9.17) is 0 Å². The number of Topliss-reactive ketones (excluding diaryl/α,β-unsaturated/α-hetero) is 1. The van der Waals surface area contributed by atoms with Gasteiger partial charge in [-0.1, -0.05) is 0 Å². The Hall–Kier alpha value is -0.910. The molecule has 1 aliphatic heterocycles. The molecular weight excluding hydrogens is 230 g/mol. The quantitative estimate of drug-likeness (QED) is 0.672. The van der Waals surface area contributed by atoms with Crippen LogP contribution in [0.15, 0.2) is 0 Å². The molecule has 90 valence electrons. The third kappa shape index (κ3) is 1.32. The first-order valence-corrected chi connectivity index (χ1v) is 6.82. The lowest BCUT2D eigenvalue weighted by Crippen LogP contribution is -2.70. The number of ketones is 1. The molecule has 0 radical (unpaired) electrons. The van der Waals surface area contributed by atoms with Crippen molar-refractivity contribution in [3.8, 4) is 0 Å². The van der Waals surface area contributed by atoms with Crippen LogP contribution in [0.3, 0.4) is 0 Å². The van der Waals surface area contributed by atoms with Gasteiger partial charge in [0.1, 0.15) is 5.78 Å². The molecule has 1 amide bonds. The van der Waals surface area contributed by atoms with Gasteiger partial charge in [-0.2, -0.15) is 0 Å². The largest absolute Gasteiger partial charge is 0.300 e. The molecule has 0 bridgehead atoms. The molecule has 16 heavy (non-hydrogen) atoms. The van der Waals surface area contributed by atoms with Gasteiger partial charge in [0.25, 0.3) is 15.9 Å². The highest BCUT2D eigenvalue weighted by Gasteiger charge is 2.62. The molecule has 1 aliphatic carbocycles. The smallest absolute Gasteiger partial charge is 0.259 e. The maximum absolute atomic E-state index is 11.9. The molecule has 0 unspecified atom stereocenters. The summed E-state index contributed by atoms with van der Waals surface area (Å²) in [6.45, 7) is 2.85. The topological polar surface area (TPSA) is 71.5 Å². The van der Waals surface area contributed by atoms with Gasteiger partial charge in [0.15, 0.2) is 4.75 Å². The molecule has 6 heteroatoms. The molecule has 1 saturated heterocycles. The van der Waals surface area contributed by atoms with Crippen molar-refractivity contribution in [2.45, 2.75) is 50.3 Å². The molecule has 0 aromatic carbocycles. The summed E-state index contributed by atoms with van der Waals surface area (Å²) in [5.74, 6) is -0.187. The number of amides is 1. The Balaban J connectivity index is 2.19. The third-order valence-corrected chi connectivity index (χ3v) is 5.91. The zero-order valence-electron chi connectivity index (χ0n) is 9.39. The Morgan fingerprint density at radius 2 is 1.69 bits per heavy atom. The Bertz CT molecular complexity index is 441. The maximum atomic E-state index is 11.9. The molecular formula is C10H15NO4S. The predicted octanol–water partition coefficient (Wildman–Crippen LogP) is 0.449. The summed E-state index contributed by atoms with van der Waals surface area (Å²) in [5, 5.41) is 0. The minimum atomic E-state index is -3.49. The minimum absolute atomic E-state index is 0.154. The molecule has 0 atom stereocenters. The van der Waals surface area contributed by atoms with Gasteiger partial charge in [0, 0.05) is 18.9 Å². The van der Waals surface area contributed by atoms with E-state index in [-0.39, 0.29) is 17.7 Å². The van der Waals surface area contributed by atoms with E-state index < -0.39 is 14.8 Å². The molecule has 1 heterocycles. The minimum Gasteiger partial charge on any atom is -0.300 e. The van der Waals surface area contributed by atoms with E-state index >= 15 is 0 Å². The van der Waals surface area contributed by atoms with Crippen LogP contribution in [0, 0.1) is 0 Å². The molecule has 2 fully saturated rings. The van der Waals surface area contributed by atoms with Crippen molar-refractivity contribution in [3.63, 3.8) is 0 Å². The van der Waals surface area contributed by atoms with Gasteiger partial charge in [-0.15, -0.1) is 0 Å². The fourth-order valence-electron chi connectivity index (χ4n) is 2.21.